The largest absolute Gasteiger partial charge is 0.463 e. The number of hydrogen-bond acceptors (Lipinski definition) is 8. The van der Waals surface area contributed by atoms with Crippen molar-refractivity contribution in [3.05, 3.63) is 84.5 Å². The summed E-state index contributed by atoms with van der Waals surface area (Å²) in [6, 6.07) is 14.5. The molecule has 0 unspecified atom stereocenters. The number of fused-ring (bicyclic) bond motifs is 2. The average molecular weight is 699 g/mol. The van der Waals surface area contributed by atoms with Gasteiger partial charge in [-0.15, -0.1) is 0 Å². The molecular weight excluding hydrogens is 648 g/mol. The van der Waals surface area contributed by atoms with Crippen molar-refractivity contribution in [3.63, 3.8) is 0 Å². The van der Waals surface area contributed by atoms with E-state index in [2.05, 4.69) is 24.1 Å². The number of hydrogen-bond donors (Lipinski definition) is 2. The Morgan fingerprint density at radius 1 is 0.980 bits per heavy atom. The summed E-state index contributed by atoms with van der Waals surface area (Å²) in [7, 11) is 0. The van der Waals surface area contributed by atoms with E-state index in [4.69, 9.17) is 9.47 Å². The number of carbonyl (C=O) groups excluding carboxylic acids is 4. The van der Waals surface area contributed by atoms with Crippen molar-refractivity contribution < 1.29 is 33.8 Å². The number of cyclic esters (lactones) is 1. The maximum absolute atomic E-state index is 15.2. The molecule has 11 nitrogen and oxygen atoms in total. The van der Waals surface area contributed by atoms with Gasteiger partial charge in [-0.05, 0) is 62.4 Å². The number of benzene rings is 2. The van der Waals surface area contributed by atoms with Gasteiger partial charge in [-0.25, -0.2) is 0 Å². The van der Waals surface area contributed by atoms with E-state index in [-0.39, 0.29) is 38.0 Å². The zero-order valence-electron chi connectivity index (χ0n) is 29.9. The lowest BCUT2D eigenvalue weighted by Crippen LogP contribution is -2.59. The van der Waals surface area contributed by atoms with E-state index in [9.17, 15) is 19.5 Å². The first kappa shape index (κ1) is 36.3. The molecule has 7 atom stereocenters. The summed E-state index contributed by atoms with van der Waals surface area (Å²) in [6.07, 6.45) is 7.50. The van der Waals surface area contributed by atoms with E-state index in [1.807, 2.05) is 80.6 Å². The molecule has 2 aromatic carbocycles. The van der Waals surface area contributed by atoms with Crippen LogP contribution in [0.15, 0.2) is 78.9 Å². The number of aliphatic hydroxyl groups is 1. The Balaban J connectivity index is 1.45. The molecule has 1 spiro atoms. The van der Waals surface area contributed by atoms with Gasteiger partial charge in [-0.1, -0.05) is 68.5 Å². The van der Waals surface area contributed by atoms with Crippen LogP contribution in [-0.4, -0.2) is 90.3 Å². The number of esters is 1. The second-order valence-electron chi connectivity index (χ2n) is 14.2. The van der Waals surface area contributed by atoms with Crippen LogP contribution in [0.5, 0.6) is 0 Å². The van der Waals surface area contributed by atoms with E-state index in [1.54, 1.807) is 17.1 Å². The quantitative estimate of drug-likeness (QED) is 0.295. The van der Waals surface area contributed by atoms with E-state index in [1.165, 1.54) is 4.90 Å². The number of aliphatic hydroxyl groups excluding tert-OH is 1. The molecule has 11 heteroatoms. The van der Waals surface area contributed by atoms with E-state index in [0.29, 0.717) is 18.5 Å². The van der Waals surface area contributed by atoms with Crippen molar-refractivity contribution in [3.8, 4) is 0 Å². The molecule has 4 aliphatic rings. The Bertz CT molecular complexity index is 1640. The SMILES string of the molecule is CCN(CC)c1ccc(N2C/C=C\CCC(=O)OC[C@@H](c3ccccc3)NC(=O)[C@@H]3[C@@H]4C=C[C@]5(O4)[C@H](C2=O)N([C@@H](CO)CC(C)C)C(=O)[C@@H]35)cc1. The maximum Gasteiger partial charge on any atom is 0.306 e. The number of ether oxygens (including phenoxy) is 2. The number of likely N-dealkylation sites (tertiary alicyclic amines) is 1. The third kappa shape index (κ3) is 6.93. The summed E-state index contributed by atoms with van der Waals surface area (Å²) < 4.78 is 12.3. The van der Waals surface area contributed by atoms with Gasteiger partial charge < -0.3 is 34.6 Å². The molecule has 0 radical (unpaired) electrons. The molecule has 51 heavy (non-hydrogen) atoms. The maximum atomic E-state index is 15.2. The minimum Gasteiger partial charge on any atom is -0.463 e. The molecule has 4 aliphatic heterocycles. The molecule has 3 amide bonds. The standard InChI is InChI=1S/C40H50N4O7/c1-5-42(6-2)28-16-18-29(19-17-28)43-22-12-8-11-15-33(46)50-25-31(27-13-9-7-10-14-27)41-37(47)34-32-20-21-40(51-32)35(34)38(48)44(36(40)39(43)49)30(24-45)23-26(3)4/h7-10,12-14,16-21,26,30-32,34-36,45H,5-6,11,15,22-25H2,1-4H3,(H,41,47)/b12-8-/t30-,31+,32+,34-,35-,36+,40-/m1/s1. The lowest BCUT2D eigenvalue weighted by atomic mass is 9.74. The molecule has 2 aromatic rings. The number of rotatable bonds is 9. The van der Waals surface area contributed by atoms with Crippen molar-refractivity contribution in [2.45, 2.75) is 76.8 Å². The van der Waals surface area contributed by atoms with Gasteiger partial charge >= 0.3 is 5.97 Å². The summed E-state index contributed by atoms with van der Waals surface area (Å²) in [5.41, 5.74) is 0.980. The Morgan fingerprint density at radius 3 is 2.37 bits per heavy atom. The van der Waals surface area contributed by atoms with Gasteiger partial charge in [0.05, 0.1) is 36.6 Å². The van der Waals surface area contributed by atoms with Gasteiger partial charge in [0.25, 0.3) is 5.91 Å². The molecule has 0 aromatic heterocycles. The summed E-state index contributed by atoms with van der Waals surface area (Å²) in [6.45, 7) is 9.59. The van der Waals surface area contributed by atoms with Crippen molar-refractivity contribution in [2.75, 3.05) is 42.6 Å². The van der Waals surface area contributed by atoms with Gasteiger partial charge in [-0.2, -0.15) is 0 Å². The number of anilines is 2. The Morgan fingerprint density at radius 2 is 1.71 bits per heavy atom. The fraction of sp³-hybridized carbons (Fsp3) is 0.500. The van der Waals surface area contributed by atoms with Gasteiger partial charge in [0.2, 0.25) is 11.8 Å². The average Bonchev–Trinajstić information content (AvgIpc) is 3.78. The smallest absolute Gasteiger partial charge is 0.306 e. The van der Waals surface area contributed by atoms with Crippen LogP contribution in [0.25, 0.3) is 0 Å². The first-order valence-corrected chi connectivity index (χ1v) is 18.3. The summed E-state index contributed by atoms with van der Waals surface area (Å²) in [5, 5.41) is 13.8. The van der Waals surface area contributed by atoms with Crippen LogP contribution >= 0.6 is 0 Å². The van der Waals surface area contributed by atoms with Gasteiger partial charge in [0.15, 0.2) is 0 Å². The van der Waals surface area contributed by atoms with Crippen molar-refractivity contribution in [1.82, 2.24) is 10.2 Å². The highest BCUT2D eigenvalue weighted by Gasteiger charge is 2.73. The molecule has 2 saturated heterocycles. The molecule has 272 valence electrons. The van der Waals surface area contributed by atoms with E-state index < -0.39 is 59.5 Å². The predicted octanol–water partition coefficient (Wildman–Crippen LogP) is 4.17. The third-order valence-electron chi connectivity index (χ3n) is 10.7. The third-order valence-corrected chi connectivity index (χ3v) is 10.7. The van der Waals surface area contributed by atoms with Gasteiger partial charge in [0.1, 0.15) is 18.2 Å². The molecule has 0 saturated carbocycles. The zero-order chi connectivity index (χ0) is 36.3. The molecule has 6 rings (SSSR count). The zero-order valence-corrected chi connectivity index (χ0v) is 29.9. The predicted molar refractivity (Wildman–Crippen MR) is 194 cm³/mol. The Hall–Kier alpha value is -4.48. The normalized spacial score (nSPS) is 29.3. The Kier molecular flexibility index (Phi) is 11.0. The molecule has 2 N–H and O–H groups in total. The summed E-state index contributed by atoms with van der Waals surface area (Å²) in [4.78, 5) is 62.5. The monoisotopic (exact) mass is 698 g/mol. The van der Waals surface area contributed by atoms with Crippen LogP contribution in [0.3, 0.4) is 0 Å². The van der Waals surface area contributed by atoms with Crippen LogP contribution in [0, 0.1) is 17.8 Å². The minimum absolute atomic E-state index is 0.0817. The van der Waals surface area contributed by atoms with Crippen molar-refractivity contribution >= 4 is 35.1 Å². The van der Waals surface area contributed by atoms with Crippen LogP contribution in [0.4, 0.5) is 11.4 Å². The number of amides is 3. The Labute approximate surface area is 300 Å². The van der Waals surface area contributed by atoms with Crippen LogP contribution in [0.1, 0.15) is 58.6 Å². The summed E-state index contributed by atoms with van der Waals surface area (Å²) in [5.74, 6) is -3.43. The first-order valence-electron chi connectivity index (χ1n) is 18.3. The van der Waals surface area contributed by atoms with Crippen LogP contribution < -0.4 is 15.1 Å². The lowest BCUT2D eigenvalue weighted by molar-refractivity contribution is -0.146. The van der Waals surface area contributed by atoms with E-state index >= 15 is 4.79 Å². The highest BCUT2D eigenvalue weighted by Crippen LogP contribution is 2.56. The second kappa shape index (κ2) is 15.4. The number of carbonyl (C=O) groups is 4. The van der Waals surface area contributed by atoms with Crippen molar-refractivity contribution in [1.29, 1.82) is 0 Å². The van der Waals surface area contributed by atoms with E-state index in [0.717, 1.165) is 24.3 Å². The number of nitrogens with one attached hydrogen (secondary N) is 1. The molecular formula is C40H50N4O7. The fourth-order valence-corrected chi connectivity index (χ4v) is 8.23. The number of nitrogens with zero attached hydrogens (tertiary/aromatic N) is 3. The lowest BCUT2D eigenvalue weighted by Gasteiger charge is -2.39. The molecule has 4 heterocycles. The molecule has 5 bridgehead atoms. The molecule has 0 aliphatic carbocycles. The van der Waals surface area contributed by atoms with Crippen LogP contribution in [-0.2, 0) is 28.7 Å². The van der Waals surface area contributed by atoms with Gasteiger partial charge in [-0.3, -0.25) is 19.2 Å². The van der Waals surface area contributed by atoms with Crippen LogP contribution in [0.2, 0.25) is 0 Å². The second-order valence-corrected chi connectivity index (χ2v) is 14.2. The number of allylic oxidation sites excluding steroid dienone is 1. The highest BCUT2D eigenvalue weighted by molar-refractivity contribution is 6.05. The first-order chi connectivity index (χ1) is 24.6. The van der Waals surface area contributed by atoms with Gasteiger partial charge in [0, 0.05) is 37.4 Å². The molecule has 2 fully saturated rings. The topological polar surface area (TPSA) is 129 Å². The minimum atomic E-state index is -1.42. The summed E-state index contributed by atoms with van der Waals surface area (Å²) >= 11 is 0. The highest BCUT2D eigenvalue weighted by atomic mass is 16.5. The van der Waals surface area contributed by atoms with Crippen molar-refractivity contribution in [2.24, 2.45) is 17.8 Å². The fourth-order valence-electron chi connectivity index (χ4n) is 8.23.